The summed E-state index contributed by atoms with van der Waals surface area (Å²) < 4.78 is 5.17. The molecule has 4 nitrogen and oxygen atoms in total. The van der Waals surface area contributed by atoms with Gasteiger partial charge in [0.15, 0.2) is 0 Å². The molecule has 0 aliphatic heterocycles. The van der Waals surface area contributed by atoms with Crippen LogP contribution in [0.1, 0.15) is 38.1 Å². The lowest BCUT2D eigenvalue weighted by Crippen LogP contribution is -2.41. The van der Waals surface area contributed by atoms with Gasteiger partial charge < -0.3 is 15.8 Å². The molecule has 0 bridgehead atoms. The number of carbonyl (C=O) groups is 1. The maximum absolute atomic E-state index is 12.2. The van der Waals surface area contributed by atoms with Crippen molar-refractivity contribution in [2.45, 2.75) is 33.7 Å². The fourth-order valence-electron chi connectivity index (χ4n) is 1.39. The molecule has 3 N–H and O–H groups in total. The summed E-state index contributed by atoms with van der Waals surface area (Å²) in [4.78, 5) is 12.2. The Morgan fingerprint density at radius 2 is 2.00 bits per heavy atom. The van der Waals surface area contributed by atoms with E-state index in [4.69, 9.17) is 10.5 Å². The summed E-state index contributed by atoms with van der Waals surface area (Å²) in [5.41, 5.74) is 6.72. The molecule has 1 unspecified atom stereocenters. The molecule has 0 saturated carbocycles. The second kappa shape index (κ2) is 5.29. The number of nitrogens with two attached hydrogens (primary N) is 1. The fraction of sp³-hybridized carbons (Fsp3) is 0.500. The summed E-state index contributed by atoms with van der Waals surface area (Å²) in [5, 5.41) is 2.96. The van der Waals surface area contributed by atoms with E-state index in [0.717, 1.165) is 0 Å². The van der Waals surface area contributed by atoms with Crippen LogP contribution in [0.2, 0.25) is 0 Å². The third-order valence-corrected chi connectivity index (χ3v) is 3.11. The van der Waals surface area contributed by atoms with Crippen molar-refractivity contribution in [3.63, 3.8) is 0 Å². The Hall–Kier alpha value is -1.71. The number of carbonyl (C=O) groups excluding carboxylic acids is 1. The second-order valence-corrected chi connectivity index (χ2v) is 5.52. The van der Waals surface area contributed by atoms with Crippen LogP contribution in [0.3, 0.4) is 0 Å². The SMILES string of the molecule is COc1ccc(N)cc1C(=O)NC(C)C(C)(C)C. The molecule has 0 aromatic heterocycles. The summed E-state index contributed by atoms with van der Waals surface area (Å²) in [6.45, 7) is 8.22. The molecule has 0 radical (unpaired) electrons. The van der Waals surface area contributed by atoms with Gasteiger partial charge in [-0.2, -0.15) is 0 Å². The lowest BCUT2D eigenvalue weighted by molar-refractivity contribution is 0.0907. The molecule has 1 amide bonds. The minimum Gasteiger partial charge on any atom is -0.496 e. The van der Waals surface area contributed by atoms with E-state index in [0.29, 0.717) is 17.0 Å². The highest BCUT2D eigenvalue weighted by Gasteiger charge is 2.23. The van der Waals surface area contributed by atoms with Gasteiger partial charge in [-0.05, 0) is 30.5 Å². The molecule has 0 spiro atoms. The number of benzene rings is 1. The monoisotopic (exact) mass is 250 g/mol. The highest BCUT2D eigenvalue weighted by molar-refractivity contribution is 5.98. The first-order valence-corrected chi connectivity index (χ1v) is 6.00. The van der Waals surface area contributed by atoms with Crippen LogP contribution in [-0.4, -0.2) is 19.1 Å². The van der Waals surface area contributed by atoms with E-state index in [9.17, 15) is 4.79 Å². The van der Waals surface area contributed by atoms with Crippen LogP contribution >= 0.6 is 0 Å². The Balaban J connectivity index is 2.94. The molecular formula is C14H22N2O2. The first kappa shape index (κ1) is 14.4. The third kappa shape index (κ3) is 3.39. The molecular weight excluding hydrogens is 228 g/mol. The highest BCUT2D eigenvalue weighted by atomic mass is 16.5. The number of nitrogens with one attached hydrogen (secondary N) is 1. The van der Waals surface area contributed by atoms with Crippen LogP contribution in [0.15, 0.2) is 18.2 Å². The van der Waals surface area contributed by atoms with Crippen LogP contribution in [-0.2, 0) is 0 Å². The first-order valence-electron chi connectivity index (χ1n) is 6.00. The van der Waals surface area contributed by atoms with Crippen molar-refractivity contribution in [1.82, 2.24) is 5.32 Å². The highest BCUT2D eigenvalue weighted by Crippen LogP contribution is 2.23. The van der Waals surface area contributed by atoms with Gasteiger partial charge in [-0.25, -0.2) is 0 Å². The molecule has 1 rings (SSSR count). The number of hydrogen-bond donors (Lipinski definition) is 2. The van der Waals surface area contributed by atoms with Gasteiger partial charge in [0.1, 0.15) is 5.75 Å². The summed E-state index contributed by atoms with van der Waals surface area (Å²) in [6.07, 6.45) is 0. The summed E-state index contributed by atoms with van der Waals surface area (Å²) in [7, 11) is 1.54. The van der Waals surface area contributed by atoms with Gasteiger partial charge in [-0.15, -0.1) is 0 Å². The minimum atomic E-state index is -0.165. The van der Waals surface area contributed by atoms with E-state index in [-0.39, 0.29) is 17.4 Å². The number of amides is 1. The van der Waals surface area contributed by atoms with Gasteiger partial charge in [0.05, 0.1) is 12.7 Å². The molecule has 1 aromatic carbocycles. The Kier molecular flexibility index (Phi) is 4.22. The molecule has 18 heavy (non-hydrogen) atoms. The van der Waals surface area contributed by atoms with Crippen molar-refractivity contribution in [2.24, 2.45) is 5.41 Å². The van der Waals surface area contributed by atoms with Crippen molar-refractivity contribution in [3.8, 4) is 5.75 Å². The molecule has 0 saturated heterocycles. The summed E-state index contributed by atoms with van der Waals surface area (Å²) >= 11 is 0. The van der Waals surface area contributed by atoms with Crippen molar-refractivity contribution in [2.75, 3.05) is 12.8 Å². The van der Waals surface area contributed by atoms with E-state index in [1.54, 1.807) is 18.2 Å². The van der Waals surface area contributed by atoms with E-state index in [1.807, 2.05) is 6.92 Å². The van der Waals surface area contributed by atoms with Crippen molar-refractivity contribution in [1.29, 1.82) is 0 Å². The largest absolute Gasteiger partial charge is 0.496 e. The van der Waals surface area contributed by atoms with Crippen LogP contribution in [0.25, 0.3) is 0 Å². The molecule has 0 fully saturated rings. The number of rotatable bonds is 3. The maximum Gasteiger partial charge on any atom is 0.255 e. The molecule has 0 heterocycles. The second-order valence-electron chi connectivity index (χ2n) is 5.52. The summed E-state index contributed by atoms with van der Waals surface area (Å²) in [5.74, 6) is 0.365. The number of methoxy groups -OCH3 is 1. The van der Waals surface area contributed by atoms with E-state index in [1.165, 1.54) is 7.11 Å². The van der Waals surface area contributed by atoms with Gasteiger partial charge in [0.2, 0.25) is 0 Å². The number of nitrogen functional groups attached to an aromatic ring is 1. The Labute approximate surface area is 109 Å². The molecule has 4 heteroatoms. The molecule has 0 aliphatic rings. The Morgan fingerprint density at radius 1 is 1.39 bits per heavy atom. The average Bonchev–Trinajstić information content (AvgIpc) is 2.27. The third-order valence-electron chi connectivity index (χ3n) is 3.11. The molecule has 1 aromatic rings. The van der Waals surface area contributed by atoms with Gasteiger partial charge in [-0.1, -0.05) is 20.8 Å². The Morgan fingerprint density at radius 3 is 2.50 bits per heavy atom. The predicted molar refractivity (Wildman–Crippen MR) is 73.8 cm³/mol. The quantitative estimate of drug-likeness (QED) is 0.810. The standard InChI is InChI=1S/C14H22N2O2/c1-9(14(2,3)4)16-13(17)11-8-10(15)6-7-12(11)18-5/h6-9H,15H2,1-5H3,(H,16,17). The van der Waals surface area contributed by atoms with Gasteiger partial charge >= 0.3 is 0 Å². The van der Waals surface area contributed by atoms with Crippen molar-refractivity contribution >= 4 is 11.6 Å². The number of ether oxygens (including phenoxy) is 1. The molecule has 0 aliphatic carbocycles. The minimum absolute atomic E-state index is 0.00319. The van der Waals surface area contributed by atoms with Gasteiger partial charge in [-0.3, -0.25) is 4.79 Å². The van der Waals surface area contributed by atoms with Gasteiger partial charge in [0, 0.05) is 11.7 Å². The first-order chi connectivity index (χ1) is 8.25. The topological polar surface area (TPSA) is 64.3 Å². The number of anilines is 1. The lowest BCUT2D eigenvalue weighted by atomic mass is 9.88. The van der Waals surface area contributed by atoms with E-state index in [2.05, 4.69) is 26.1 Å². The van der Waals surface area contributed by atoms with E-state index < -0.39 is 0 Å². The van der Waals surface area contributed by atoms with Gasteiger partial charge in [0.25, 0.3) is 5.91 Å². The van der Waals surface area contributed by atoms with E-state index >= 15 is 0 Å². The maximum atomic E-state index is 12.2. The zero-order valence-electron chi connectivity index (χ0n) is 11.7. The van der Waals surface area contributed by atoms with Crippen molar-refractivity contribution in [3.05, 3.63) is 23.8 Å². The zero-order valence-corrected chi connectivity index (χ0v) is 11.7. The lowest BCUT2D eigenvalue weighted by Gasteiger charge is -2.28. The normalized spacial score (nSPS) is 12.9. The fourth-order valence-corrected chi connectivity index (χ4v) is 1.39. The van der Waals surface area contributed by atoms with Crippen LogP contribution < -0.4 is 15.8 Å². The van der Waals surface area contributed by atoms with Crippen LogP contribution in [0, 0.1) is 5.41 Å². The smallest absolute Gasteiger partial charge is 0.255 e. The average molecular weight is 250 g/mol. The van der Waals surface area contributed by atoms with Crippen LogP contribution in [0.4, 0.5) is 5.69 Å². The number of hydrogen-bond acceptors (Lipinski definition) is 3. The zero-order chi connectivity index (χ0) is 13.9. The molecule has 1 atom stereocenters. The Bertz CT molecular complexity index is 436. The summed E-state index contributed by atoms with van der Waals surface area (Å²) in [6, 6.07) is 5.09. The predicted octanol–water partition coefficient (Wildman–Crippen LogP) is 2.44. The molecule has 100 valence electrons. The van der Waals surface area contributed by atoms with Crippen molar-refractivity contribution < 1.29 is 9.53 Å². The van der Waals surface area contributed by atoms with Crippen LogP contribution in [0.5, 0.6) is 5.75 Å².